The van der Waals surface area contributed by atoms with Crippen LogP contribution in [0.4, 0.5) is 4.39 Å². The van der Waals surface area contributed by atoms with Crippen LogP contribution in [0.1, 0.15) is 31.9 Å². The zero-order chi connectivity index (χ0) is 15.6. The van der Waals surface area contributed by atoms with E-state index in [1.165, 1.54) is 12.1 Å². The van der Waals surface area contributed by atoms with Crippen LogP contribution in [-0.2, 0) is 5.41 Å². The van der Waals surface area contributed by atoms with E-state index in [1.807, 2.05) is 18.2 Å². The molecule has 0 aliphatic rings. The van der Waals surface area contributed by atoms with Gasteiger partial charge in [0.1, 0.15) is 23.2 Å². The number of nitrogen functional groups attached to an aromatic ring is 1. The molecule has 0 heterocycles. The predicted molar refractivity (Wildman–Crippen MR) is 82.6 cm³/mol. The topological polar surface area (TPSA) is 59.1 Å². The van der Waals surface area contributed by atoms with Gasteiger partial charge < -0.3 is 10.5 Å². The van der Waals surface area contributed by atoms with Gasteiger partial charge in [-0.15, -0.1) is 0 Å². The van der Waals surface area contributed by atoms with E-state index < -0.39 is 5.82 Å². The molecular formula is C17H19FN2O. The Kier molecular flexibility index (Phi) is 3.98. The van der Waals surface area contributed by atoms with E-state index in [9.17, 15) is 4.39 Å². The van der Waals surface area contributed by atoms with Crippen molar-refractivity contribution in [2.24, 2.45) is 5.73 Å². The first-order chi connectivity index (χ1) is 9.79. The Morgan fingerprint density at radius 2 is 1.81 bits per heavy atom. The Hall–Kier alpha value is -2.36. The summed E-state index contributed by atoms with van der Waals surface area (Å²) in [6, 6.07) is 12.0. The minimum absolute atomic E-state index is 0.00921. The van der Waals surface area contributed by atoms with E-state index >= 15 is 0 Å². The Morgan fingerprint density at radius 1 is 1.14 bits per heavy atom. The maximum atomic E-state index is 13.8. The average molecular weight is 286 g/mol. The Labute approximate surface area is 124 Å². The molecule has 3 N–H and O–H groups in total. The van der Waals surface area contributed by atoms with Crippen molar-refractivity contribution in [3.05, 3.63) is 59.4 Å². The molecule has 3 nitrogen and oxygen atoms in total. The third kappa shape index (κ3) is 3.40. The molecule has 110 valence electrons. The number of benzene rings is 2. The summed E-state index contributed by atoms with van der Waals surface area (Å²) in [7, 11) is 0. The van der Waals surface area contributed by atoms with Gasteiger partial charge in [0, 0.05) is 0 Å². The first-order valence-electron chi connectivity index (χ1n) is 6.70. The molecule has 0 saturated heterocycles. The monoisotopic (exact) mass is 286 g/mol. The molecule has 2 rings (SSSR count). The number of nitrogens with one attached hydrogen (secondary N) is 1. The number of amidine groups is 1. The SMILES string of the molecule is CC(C)(C)c1cccc(Oc2cccc(F)c2C(=N)N)c1. The van der Waals surface area contributed by atoms with Crippen molar-refractivity contribution in [3.8, 4) is 11.5 Å². The summed E-state index contributed by atoms with van der Waals surface area (Å²) >= 11 is 0. The van der Waals surface area contributed by atoms with Gasteiger partial charge in [0.2, 0.25) is 0 Å². The number of hydrogen-bond donors (Lipinski definition) is 2. The Morgan fingerprint density at radius 3 is 2.43 bits per heavy atom. The largest absolute Gasteiger partial charge is 0.456 e. The van der Waals surface area contributed by atoms with Crippen LogP contribution in [0.25, 0.3) is 0 Å². The quantitative estimate of drug-likeness (QED) is 0.656. The summed E-state index contributed by atoms with van der Waals surface area (Å²) in [4.78, 5) is 0. The van der Waals surface area contributed by atoms with E-state index in [0.717, 1.165) is 5.56 Å². The highest BCUT2D eigenvalue weighted by Gasteiger charge is 2.16. The molecule has 0 bridgehead atoms. The van der Waals surface area contributed by atoms with Crippen LogP contribution in [0.2, 0.25) is 0 Å². The van der Waals surface area contributed by atoms with Gasteiger partial charge in [-0.05, 0) is 35.2 Å². The lowest BCUT2D eigenvalue weighted by atomic mass is 9.87. The highest BCUT2D eigenvalue weighted by molar-refractivity contribution is 5.98. The molecular weight excluding hydrogens is 267 g/mol. The van der Waals surface area contributed by atoms with Gasteiger partial charge >= 0.3 is 0 Å². The van der Waals surface area contributed by atoms with Gasteiger partial charge in [0.05, 0.1) is 5.56 Å². The summed E-state index contributed by atoms with van der Waals surface area (Å²) < 4.78 is 19.5. The van der Waals surface area contributed by atoms with E-state index in [2.05, 4.69) is 20.8 Å². The second-order valence-electron chi connectivity index (χ2n) is 5.91. The second-order valence-corrected chi connectivity index (χ2v) is 5.91. The van der Waals surface area contributed by atoms with Crippen molar-refractivity contribution in [2.45, 2.75) is 26.2 Å². The molecule has 2 aromatic rings. The fraction of sp³-hybridized carbons (Fsp3) is 0.235. The first kappa shape index (κ1) is 15.0. The predicted octanol–water partition coefficient (Wildman–Crippen LogP) is 4.20. The zero-order valence-corrected chi connectivity index (χ0v) is 12.4. The van der Waals surface area contributed by atoms with E-state index in [1.54, 1.807) is 12.1 Å². The maximum absolute atomic E-state index is 13.8. The third-order valence-corrected chi connectivity index (χ3v) is 3.17. The molecule has 2 aromatic carbocycles. The van der Waals surface area contributed by atoms with Crippen molar-refractivity contribution in [3.63, 3.8) is 0 Å². The van der Waals surface area contributed by atoms with Crippen molar-refractivity contribution in [1.82, 2.24) is 0 Å². The minimum Gasteiger partial charge on any atom is -0.456 e. The molecule has 0 aromatic heterocycles. The van der Waals surface area contributed by atoms with Gasteiger partial charge in [-0.1, -0.05) is 39.0 Å². The summed E-state index contributed by atoms with van der Waals surface area (Å²) in [6.07, 6.45) is 0. The van der Waals surface area contributed by atoms with Crippen molar-refractivity contribution < 1.29 is 9.13 Å². The third-order valence-electron chi connectivity index (χ3n) is 3.17. The molecule has 0 fully saturated rings. The normalized spacial score (nSPS) is 11.2. The van der Waals surface area contributed by atoms with E-state index in [4.69, 9.17) is 15.9 Å². The summed E-state index contributed by atoms with van der Waals surface area (Å²) in [5.41, 5.74) is 6.52. The lowest BCUT2D eigenvalue weighted by Crippen LogP contribution is -2.14. The van der Waals surface area contributed by atoms with Gasteiger partial charge in [0.25, 0.3) is 0 Å². The van der Waals surface area contributed by atoms with Crippen LogP contribution < -0.4 is 10.5 Å². The Bertz CT molecular complexity index is 675. The van der Waals surface area contributed by atoms with Crippen LogP contribution >= 0.6 is 0 Å². The Balaban J connectivity index is 2.40. The molecule has 0 amide bonds. The van der Waals surface area contributed by atoms with E-state index in [0.29, 0.717) is 5.75 Å². The van der Waals surface area contributed by atoms with Crippen LogP contribution in [0.5, 0.6) is 11.5 Å². The molecule has 0 saturated carbocycles. The number of nitrogens with two attached hydrogens (primary N) is 1. The average Bonchev–Trinajstić information content (AvgIpc) is 2.37. The van der Waals surface area contributed by atoms with Gasteiger partial charge in [0.15, 0.2) is 0 Å². The van der Waals surface area contributed by atoms with Crippen LogP contribution in [0, 0.1) is 11.2 Å². The van der Waals surface area contributed by atoms with Crippen LogP contribution in [-0.4, -0.2) is 5.84 Å². The first-order valence-corrected chi connectivity index (χ1v) is 6.70. The fourth-order valence-corrected chi connectivity index (χ4v) is 2.00. The molecule has 21 heavy (non-hydrogen) atoms. The van der Waals surface area contributed by atoms with Gasteiger partial charge in [-0.25, -0.2) is 4.39 Å². The number of rotatable bonds is 3. The number of halogens is 1. The van der Waals surface area contributed by atoms with Crippen LogP contribution in [0.3, 0.4) is 0 Å². The van der Waals surface area contributed by atoms with Crippen molar-refractivity contribution in [1.29, 1.82) is 5.41 Å². The molecule has 4 heteroatoms. The summed E-state index contributed by atoms with van der Waals surface area (Å²) in [6.45, 7) is 6.32. The maximum Gasteiger partial charge on any atom is 0.141 e. The standard InChI is InChI=1S/C17H19FN2O/c1-17(2,3)11-6-4-7-12(10-11)21-14-9-5-8-13(18)15(14)16(19)20/h4-10H,1-3H3,(H3,19,20). The lowest BCUT2D eigenvalue weighted by molar-refractivity contribution is 0.471. The highest BCUT2D eigenvalue weighted by Crippen LogP contribution is 2.30. The summed E-state index contributed by atoms with van der Waals surface area (Å²) in [5.74, 6) is -0.0777. The zero-order valence-electron chi connectivity index (χ0n) is 12.4. The number of ether oxygens (including phenoxy) is 1. The van der Waals surface area contributed by atoms with Gasteiger partial charge in [-0.2, -0.15) is 0 Å². The lowest BCUT2D eigenvalue weighted by Gasteiger charge is -2.20. The van der Waals surface area contributed by atoms with Gasteiger partial charge in [-0.3, -0.25) is 5.41 Å². The fourth-order valence-electron chi connectivity index (χ4n) is 2.00. The molecule has 0 aliphatic carbocycles. The van der Waals surface area contributed by atoms with Crippen molar-refractivity contribution >= 4 is 5.84 Å². The number of hydrogen-bond acceptors (Lipinski definition) is 2. The van der Waals surface area contributed by atoms with E-state index in [-0.39, 0.29) is 22.6 Å². The molecule has 0 atom stereocenters. The highest BCUT2D eigenvalue weighted by atomic mass is 19.1. The molecule has 0 unspecified atom stereocenters. The molecule has 0 radical (unpaired) electrons. The summed E-state index contributed by atoms with van der Waals surface area (Å²) in [5, 5.41) is 7.48. The smallest absolute Gasteiger partial charge is 0.141 e. The second kappa shape index (κ2) is 5.56. The van der Waals surface area contributed by atoms with Crippen LogP contribution in [0.15, 0.2) is 42.5 Å². The van der Waals surface area contributed by atoms with Crippen molar-refractivity contribution in [2.75, 3.05) is 0 Å². The minimum atomic E-state index is -0.563. The molecule has 0 aliphatic heterocycles. The molecule has 0 spiro atoms.